The fourth-order valence-corrected chi connectivity index (χ4v) is 1.08. The van der Waals surface area contributed by atoms with Gasteiger partial charge in [-0.2, -0.15) is 0 Å². The van der Waals surface area contributed by atoms with E-state index < -0.39 is 0 Å². The smallest absolute Gasteiger partial charge is 0.0644 e. The van der Waals surface area contributed by atoms with Crippen molar-refractivity contribution in [3.05, 3.63) is 54.6 Å². The number of rotatable bonds is 2. The molecule has 0 amide bonds. The van der Waals surface area contributed by atoms with Gasteiger partial charge in [0.05, 0.1) is 5.69 Å². The summed E-state index contributed by atoms with van der Waals surface area (Å²) in [5.74, 6) is 0. The number of pyridine rings is 1. The molecule has 2 heterocycles. The molecular weight excluding hydrogens is 160 g/mol. The Bertz CT molecular complexity index is 374. The molecule has 0 aliphatic carbocycles. The summed E-state index contributed by atoms with van der Waals surface area (Å²) < 4.78 is 1.98. The molecule has 2 rings (SSSR count). The fraction of sp³-hybridized carbons (Fsp3) is 0. The first-order valence-corrected chi connectivity index (χ1v) is 4.17. The highest BCUT2D eigenvalue weighted by atomic mass is 14.9. The molecule has 2 aromatic heterocycles. The fourth-order valence-electron chi connectivity index (χ4n) is 1.08. The standard InChI is InChI=1S/C11H10N2/c1-2-7-12-11(5-1)6-10-13-8-3-4-9-13/h1-10H/b10-6+. The van der Waals surface area contributed by atoms with Gasteiger partial charge in [0.1, 0.15) is 0 Å². The predicted molar refractivity (Wildman–Crippen MR) is 53.9 cm³/mol. The third-order valence-electron chi connectivity index (χ3n) is 1.73. The van der Waals surface area contributed by atoms with E-state index in [2.05, 4.69) is 4.98 Å². The van der Waals surface area contributed by atoms with Crippen molar-refractivity contribution < 1.29 is 0 Å². The zero-order chi connectivity index (χ0) is 8.93. The van der Waals surface area contributed by atoms with Crippen LogP contribution in [0.2, 0.25) is 0 Å². The normalized spacial score (nSPS) is 10.8. The molecule has 0 aromatic carbocycles. The Balaban J connectivity index is 2.15. The minimum absolute atomic E-state index is 0.969. The predicted octanol–water partition coefficient (Wildman–Crippen LogP) is 2.51. The van der Waals surface area contributed by atoms with Crippen LogP contribution in [0.4, 0.5) is 0 Å². The monoisotopic (exact) mass is 170 g/mol. The highest BCUT2D eigenvalue weighted by molar-refractivity contribution is 5.57. The highest BCUT2D eigenvalue weighted by Gasteiger charge is 1.84. The Hall–Kier alpha value is -1.83. The Morgan fingerprint density at radius 1 is 1.08 bits per heavy atom. The second-order valence-electron chi connectivity index (χ2n) is 2.70. The van der Waals surface area contributed by atoms with Gasteiger partial charge in [0, 0.05) is 24.8 Å². The molecule has 13 heavy (non-hydrogen) atoms. The molecule has 2 heteroatoms. The first-order chi connectivity index (χ1) is 6.45. The van der Waals surface area contributed by atoms with Gasteiger partial charge in [-0.25, -0.2) is 0 Å². The first-order valence-electron chi connectivity index (χ1n) is 4.17. The molecule has 0 saturated carbocycles. The van der Waals surface area contributed by atoms with Crippen LogP contribution in [0, 0.1) is 0 Å². The van der Waals surface area contributed by atoms with Gasteiger partial charge in [-0.1, -0.05) is 6.07 Å². The number of nitrogens with zero attached hydrogens (tertiary/aromatic N) is 2. The van der Waals surface area contributed by atoms with Gasteiger partial charge in [-0.05, 0) is 30.3 Å². The molecule has 2 nitrogen and oxygen atoms in total. The molecule has 0 radical (unpaired) electrons. The van der Waals surface area contributed by atoms with Crippen LogP contribution in [-0.2, 0) is 0 Å². The Labute approximate surface area is 77.2 Å². The number of hydrogen-bond acceptors (Lipinski definition) is 1. The van der Waals surface area contributed by atoms with Crippen LogP contribution in [0.1, 0.15) is 5.69 Å². The summed E-state index contributed by atoms with van der Waals surface area (Å²) in [5, 5.41) is 0. The van der Waals surface area contributed by atoms with Crippen LogP contribution in [0.15, 0.2) is 48.9 Å². The Morgan fingerprint density at radius 3 is 2.62 bits per heavy atom. The van der Waals surface area contributed by atoms with E-state index in [4.69, 9.17) is 0 Å². The highest BCUT2D eigenvalue weighted by Crippen LogP contribution is 1.99. The van der Waals surface area contributed by atoms with E-state index in [0.29, 0.717) is 0 Å². The van der Waals surface area contributed by atoms with Crippen LogP contribution in [-0.4, -0.2) is 9.55 Å². The maximum absolute atomic E-state index is 4.18. The molecule has 2 aromatic rings. The topological polar surface area (TPSA) is 17.8 Å². The van der Waals surface area contributed by atoms with Crippen molar-refractivity contribution in [2.24, 2.45) is 0 Å². The van der Waals surface area contributed by atoms with Crippen molar-refractivity contribution in [2.45, 2.75) is 0 Å². The zero-order valence-electron chi connectivity index (χ0n) is 7.17. The van der Waals surface area contributed by atoms with Crippen LogP contribution < -0.4 is 0 Å². The van der Waals surface area contributed by atoms with E-state index in [-0.39, 0.29) is 0 Å². The summed E-state index contributed by atoms with van der Waals surface area (Å²) >= 11 is 0. The Morgan fingerprint density at radius 2 is 1.92 bits per heavy atom. The van der Waals surface area contributed by atoms with Crippen LogP contribution in [0.5, 0.6) is 0 Å². The summed E-state index contributed by atoms with van der Waals surface area (Å²) in [6.45, 7) is 0. The average molecular weight is 170 g/mol. The van der Waals surface area contributed by atoms with E-state index in [1.54, 1.807) is 6.20 Å². The molecule has 64 valence electrons. The van der Waals surface area contributed by atoms with Crippen LogP contribution in [0.25, 0.3) is 12.3 Å². The molecule has 0 N–H and O–H groups in total. The van der Waals surface area contributed by atoms with Gasteiger partial charge in [-0.15, -0.1) is 0 Å². The molecule has 0 aliphatic heterocycles. The van der Waals surface area contributed by atoms with E-state index in [1.165, 1.54) is 0 Å². The minimum atomic E-state index is 0.969. The van der Waals surface area contributed by atoms with E-state index in [0.717, 1.165) is 5.69 Å². The van der Waals surface area contributed by atoms with Crippen LogP contribution in [0.3, 0.4) is 0 Å². The van der Waals surface area contributed by atoms with Gasteiger partial charge in [0.25, 0.3) is 0 Å². The molecule has 0 atom stereocenters. The van der Waals surface area contributed by atoms with E-state index in [9.17, 15) is 0 Å². The second kappa shape index (κ2) is 3.72. The van der Waals surface area contributed by atoms with Crippen molar-refractivity contribution in [1.29, 1.82) is 0 Å². The zero-order valence-corrected chi connectivity index (χ0v) is 7.17. The number of hydrogen-bond donors (Lipinski definition) is 0. The largest absolute Gasteiger partial charge is 0.330 e. The van der Waals surface area contributed by atoms with Gasteiger partial charge in [0.15, 0.2) is 0 Å². The van der Waals surface area contributed by atoms with Crippen molar-refractivity contribution in [1.82, 2.24) is 9.55 Å². The van der Waals surface area contributed by atoms with Crippen molar-refractivity contribution in [2.75, 3.05) is 0 Å². The molecule has 0 aliphatic rings. The Kier molecular flexibility index (Phi) is 2.23. The quantitative estimate of drug-likeness (QED) is 0.677. The lowest BCUT2D eigenvalue weighted by molar-refractivity contribution is 1.17. The average Bonchev–Trinajstić information content (AvgIpc) is 2.69. The molecule has 0 saturated heterocycles. The molecule has 0 fully saturated rings. The molecular formula is C11H10N2. The number of aromatic nitrogens is 2. The van der Waals surface area contributed by atoms with Crippen molar-refractivity contribution >= 4 is 12.3 Å². The summed E-state index contributed by atoms with van der Waals surface area (Å²) in [4.78, 5) is 4.18. The minimum Gasteiger partial charge on any atom is -0.330 e. The maximum atomic E-state index is 4.18. The first kappa shape index (κ1) is 7.80. The van der Waals surface area contributed by atoms with E-state index >= 15 is 0 Å². The van der Waals surface area contributed by atoms with Gasteiger partial charge in [-0.3, -0.25) is 4.98 Å². The van der Waals surface area contributed by atoms with Crippen molar-refractivity contribution in [3.8, 4) is 0 Å². The van der Waals surface area contributed by atoms with Gasteiger partial charge < -0.3 is 4.57 Å². The van der Waals surface area contributed by atoms with Gasteiger partial charge in [0.2, 0.25) is 0 Å². The summed E-state index contributed by atoms with van der Waals surface area (Å²) in [6, 6.07) is 9.83. The molecule has 0 spiro atoms. The lowest BCUT2D eigenvalue weighted by atomic mass is 10.3. The SMILES string of the molecule is C(=C\n1cccc1)/c1ccccn1. The van der Waals surface area contributed by atoms with Crippen molar-refractivity contribution in [3.63, 3.8) is 0 Å². The summed E-state index contributed by atoms with van der Waals surface area (Å²) in [6.07, 6.45) is 9.70. The third kappa shape index (κ3) is 2.06. The molecule has 0 unspecified atom stereocenters. The lowest BCUT2D eigenvalue weighted by Crippen LogP contribution is -1.80. The van der Waals surface area contributed by atoms with E-state index in [1.807, 2.05) is 59.6 Å². The second-order valence-corrected chi connectivity index (χ2v) is 2.70. The summed E-state index contributed by atoms with van der Waals surface area (Å²) in [5.41, 5.74) is 0.969. The van der Waals surface area contributed by atoms with Gasteiger partial charge >= 0.3 is 0 Å². The van der Waals surface area contributed by atoms with Crippen LogP contribution >= 0.6 is 0 Å². The maximum Gasteiger partial charge on any atom is 0.0644 e. The third-order valence-corrected chi connectivity index (χ3v) is 1.73. The molecule has 0 bridgehead atoms. The summed E-state index contributed by atoms with van der Waals surface area (Å²) in [7, 11) is 0. The lowest BCUT2D eigenvalue weighted by Gasteiger charge is -1.92.